The molecule has 0 aliphatic rings. The number of nitrogens with two attached hydrogens (primary N) is 1. The van der Waals surface area contributed by atoms with Crippen LogP contribution in [0.2, 0.25) is 0 Å². The number of aromatic nitrogens is 2. The van der Waals surface area contributed by atoms with E-state index in [-0.39, 0.29) is 54.7 Å². The number of thioether (sulfide) groups is 2. The van der Waals surface area contributed by atoms with Crippen molar-refractivity contribution in [2.45, 2.75) is 38.3 Å². The van der Waals surface area contributed by atoms with Gasteiger partial charge >= 0.3 is 13.4 Å². The average Bonchev–Trinajstić information content (AvgIpc) is 2.88. The Bertz CT molecular complexity index is 1100. The number of aliphatic hydroxyl groups excluding tert-OH is 2. The van der Waals surface area contributed by atoms with Gasteiger partial charge in [-0.3, -0.25) is 18.4 Å². The van der Waals surface area contributed by atoms with Gasteiger partial charge in [-0.1, -0.05) is 42.1 Å². The number of nitrogens with one attached hydrogen (secondary N) is 1. The Labute approximate surface area is 225 Å². The maximum atomic E-state index is 13.5. The first-order valence-corrected chi connectivity index (χ1v) is 15.3. The molecular weight excluding hydrogens is 539 g/mol. The predicted octanol–water partition coefficient (Wildman–Crippen LogP) is 2.65. The normalized spacial score (nSPS) is 15.2. The van der Waals surface area contributed by atoms with Gasteiger partial charge in [0, 0.05) is 30.2 Å². The molecule has 0 amide bonds. The quantitative estimate of drug-likeness (QED) is 0.171. The monoisotopic (exact) mass is 574 g/mol. The Morgan fingerprint density at radius 2 is 1.97 bits per heavy atom. The Morgan fingerprint density at radius 1 is 1.27 bits per heavy atom. The third-order valence-corrected chi connectivity index (χ3v) is 8.99. The molecule has 0 aliphatic carbocycles. The van der Waals surface area contributed by atoms with Crippen molar-refractivity contribution in [1.82, 2.24) is 14.6 Å². The third kappa shape index (κ3) is 10.5. The maximum Gasteiger partial charge on any atom is 0.405 e. The summed E-state index contributed by atoms with van der Waals surface area (Å²) in [5.41, 5.74) is 4.81. The number of nitrogens with zero attached hydrogens (tertiary/aromatic N) is 2. The molecule has 5 N–H and O–H groups in total. The van der Waals surface area contributed by atoms with Crippen LogP contribution in [-0.4, -0.2) is 62.0 Å². The Morgan fingerprint density at radius 3 is 2.59 bits per heavy atom. The van der Waals surface area contributed by atoms with Crippen molar-refractivity contribution in [3.63, 3.8) is 0 Å². The molecule has 0 bridgehead atoms. The summed E-state index contributed by atoms with van der Waals surface area (Å²) in [6.45, 7) is 3.16. The summed E-state index contributed by atoms with van der Waals surface area (Å²) in [5.74, 6) is 0.279. The van der Waals surface area contributed by atoms with E-state index in [1.54, 1.807) is 20.1 Å². The summed E-state index contributed by atoms with van der Waals surface area (Å²) in [4.78, 5) is 27.9. The van der Waals surface area contributed by atoms with Crippen LogP contribution in [-0.2, 0) is 25.0 Å². The molecule has 14 heteroatoms. The zero-order valence-electron chi connectivity index (χ0n) is 21.1. The van der Waals surface area contributed by atoms with Crippen LogP contribution in [0.3, 0.4) is 0 Å². The van der Waals surface area contributed by atoms with Crippen molar-refractivity contribution < 1.29 is 28.6 Å². The van der Waals surface area contributed by atoms with Gasteiger partial charge in [0.2, 0.25) is 0 Å². The first-order chi connectivity index (χ1) is 17.5. The zero-order valence-corrected chi connectivity index (χ0v) is 23.6. The number of aliphatic hydroxyl groups is 2. The van der Waals surface area contributed by atoms with Gasteiger partial charge in [0.25, 0.3) is 0 Å². The molecule has 0 spiro atoms. The molecule has 2 rings (SSSR count). The van der Waals surface area contributed by atoms with Crippen LogP contribution in [0.15, 0.2) is 47.4 Å². The van der Waals surface area contributed by atoms with Gasteiger partial charge in [-0.05, 0) is 31.7 Å². The highest BCUT2D eigenvalue weighted by Crippen LogP contribution is 2.45. The van der Waals surface area contributed by atoms with Crippen LogP contribution in [0.25, 0.3) is 0 Å². The van der Waals surface area contributed by atoms with Gasteiger partial charge in [-0.25, -0.2) is 14.4 Å². The molecule has 206 valence electrons. The van der Waals surface area contributed by atoms with Crippen molar-refractivity contribution in [2.75, 3.05) is 37.6 Å². The van der Waals surface area contributed by atoms with Gasteiger partial charge < -0.3 is 15.9 Å². The fraction of sp³-hybridized carbons (Fsp3) is 0.522. The van der Waals surface area contributed by atoms with E-state index in [0.29, 0.717) is 0 Å². The molecule has 1 aromatic carbocycles. The lowest BCUT2D eigenvalue weighted by Crippen LogP contribution is -2.30. The van der Waals surface area contributed by atoms with E-state index in [4.69, 9.17) is 14.8 Å². The molecule has 0 saturated heterocycles. The number of benzene rings is 1. The Hall–Kier alpha value is -1.70. The standard InChI is InChI=1S/C23H35N4O7PS2/c1-23(2,16-28)21(30)37-12-11-33-35(32,25-14-17-7-5-4-6-8-17)34-15-18(36-3)13-20(29)27-10-9-19(24)26-22(27)31/h4-10,18,20,28-29H,11-16H2,1-3H3,(H,25,32)(H2,24,26,31)/t18-,20-,35?/m0/s1. The smallest absolute Gasteiger partial charge is 0.395 e. The minimum Gasteiger partial charge on any atom is -0.395 e. The van der Waals surface area contributed by atoms with E-state index in [2.05, 4.69) is 10.1 Å². The van der Waals surface area contributed by atoms with Gasteiger partial charge in [0.15, 0.2) is 5.12 Å². The molecule has 1 unspecified atom stereocenters. The summed E-state index contributed by atoms with van der Waals surface area (Å²) < 4.78 is 25.9. The molecule has 3 atom stereocenters. The summed E-state index contributed by atoms with van der Waals surface area (Å²) >= 11 is 2.36. The molecule has 0 radical (unpaired) electrons. The van der Waals surface area contributed by atoms with Crippen LogP contribution in [0, 0.1) is 5.41 Å². The van der Waals surface area contributed by atoms with Crippen molar-refractivity contribution in [3.8, 4) is 0 Å². The molecule has 0 aliphatic heterocycles. The van der Waals surface area contributed by atoms with Crippen LogP contribution in [0.1, 0.15) is 32.1 Å². The van der Waals surface area contributed by atoms with Gasteiger partial charge in [0.05, 0.1) is 25.2 Å². The first-order valence-electron chi connectivity index (χ1n) is 11.5. The molecular formula is C23H35N4O7PS2. The second-order valence-corrected chi connectivity index (χ2v) is 12.8. The SMILES string of the molecule is CS[C@H](COP(=O)(NCc1ccccc1)OCCSC(=O)C(C)(C)CO)C[C@H](O)n1ccc(N)nc1=O. The van der Waals surface area contributed by atoms with Crippen molar-refractivity contribution >= 4 is 42.2 Å². The number of hydrogen-bond acceptors (Lipinski definition) is 11. The third-order valence-electron chi connectivity index (χ3n) is 5.26. The molecule has 37 heavy (non-hydrogen) atoms. The molecule has 1 heterocycles. The number of carbonyl (C=O) groups is 1. The predicted molar refractivity (Wildman–Crippen MR) is 147 cm³/mol. The minimum absolute atomic E-state index is 0.0317. The lowest BCUT2D eigenvalue weighted by Gasteiger charge is -2.24. The number of carbonyl (C=O) groups excluding carboxylic acids is 1. The highest BCUT2D eigenvalue weighted by Gasteiger charge is 2.29. The number of anilines is 1. The highest BCUT2D eigenvalue weighted by molar-refractivity contribution is 8.13. The first kappa shape index (κ1) is 31.5. The molecule has 1 aromatic heterocycles. The molecule has 11 nitrogen and oxygen atoms in total. The molecule has 2 aromatic rings. The maximum absolute atomic E-state index is 13.5. The van der Waals surface area contributed by atoms with Crippen molar-refractivity contribution in [2.24, 2.45) is 5.41 Å². The highest BCUT2D eigenvalue weighted by atomic mass is 32.2. The molecule has 0 saturated carbocycles. The molecule has 0 fully saturated rings. The minimum atomic E-state index is -3.81. The van der Waals surface area contributed by atoms with Crippen molar-refractivity contribution in [1.29, 1.82) is 0 Å². The van der Waals surface area contributed by atoms with E-state index in [9.17, 15) is 24.4 Å². The van der Waals surface area contributed by atoms with Crippen LogP contribution >= 0.6 is 31.3 Å². The number of hydrogen-bond donors (Lipinski definition) is 4. The van der Waals surface area contributed by atoms with Gasteiger partial charge in [-0.2, -0.15) is 16.7 Å². The fourth-order valence-electron chi connectivity index (χ4n) is 2.88. The summed E-state index contributed by atoms with van der Waals surface area (Å²) in [7, 11) is -3.81. The van der Waals surface area contributed by atoms with Gasteiger partial charge in [-0.15, -0.1) is 0 Å². The fourth-order valence-corrected chi connectivity index (χ4v) is 5.82. The summed E-state index contributed by atoms with van der Waals surface area (Å²) in [6.07, 6.45) is 2.10. The lowest BCUT2D eigenvalue weighted by molar-refractivity contribution is -0.119. The number of rotatable bonds is 16. The van der Waals surface area contributed by atoms with E-state index < -0.39 is 25.1 Å². The van der Waals surface area contributed by atoms with Crippen LogP contribution in [0.4, 0.5) is 5.82 Å². The van der Waals surface area contributed by atoms with Crippen LogP contribution in [0.5, 0.6) is 0 Å². The zero-order chi connectivity index (χ0) is 27.5. The summed E-state index contributed by atoms with van der Waals surface area (Å²) in [6, 6.07) is 10.7. The van der Waals surface area contributed by atoms with Crippen LogP contribution < -0.4 is 16.5 Å². The number of nitrogen functional groups attached to an aromatic ring is 1. The van der Waals surface area contributed by atoms with Gasteiger partial charge in [0.1, 0.15) is 12.0 Å². The van der Waals surface area contributed by atoms with Crippen molar-refractivity contribution in [3.05, 3.63) is 58.6 Å². The lowest BCUT2D eigenvalue weighted by atomic mass is 9.97. The largest absolute Gasteiger partial charge is 0.405 e. The average molecular weight is 575 g/mol. The second-order valence-electron chi connectivity index (χ2n) is 8.74. The topological polar surface area (TPSA) is 166 Å². The van der Waals surface area contributed by atoms with E-state index >= 15 is 0 Å². The van der Waals surface area contributed by atoms with E-state index in [0.717, 1.165) is 21.9 Å². The van der Waals surface area contributed by atoms with E-state index in [1.807, 2.05) is 30.3 Å². The van der Waals surface area contributed by atoms with E-state index in [1.165, 1.54) is 24.0 Å². The summed E-state index contributed by atoms with van der Waals surface area (Å²) in [5, 5.41) is 22.2. The Kier molecular flexibility index (Phi) is 12.8. The Balaban J connectivity index is 2.01. The second kappa shape index (κ2) is 15.0.